The van der Waals surface area contributed by atoms with Crippen molar-refractivity contribution in [3.05, 3.63) is 18.0 Å². The number of amides is 1. The Morgan fingerprint density at radius 3 is 2.29 bits per heavy atom. The van der Waals surface area contributed by atoms with Crippen LogP contribution in [0, 0.1) is 0 Å². The number of nitrogens with zero attached hydrogens (tertiary/aromatic N) is 3. The van der Waals surface area contributed by atoms with Crippen molar-refractivity contribution in [1.29, 1.82) is 0 Å². The fraction of sp³-hybridized carbons (Fsp3) is 0.789. The Kier molecular flexibility index (Phi) is 10.4. The summed E-state index contributed by atoms with van der Waals surface area (Å²) < 4.78 is 1.78. The third kappa shape index (κ3) is 7.95. The number of aromatic nitrogens is 2. The number of rotatable bonds is 13. The van der Waals surface area contributed by atoms with Gasteiger partial charge < -0.3 is 10.2 Å². The van der Waals surface area contributed by atoms with Gasteiger partial charge in [-0.1, -0.05) is 39.5 Å². The Balaban J connectivity index is 2.45. The monoisotopic (exact) mass is 336 g/mol. The summed E-state index contributed by atoms with van der Waals surface area (Å²) in [7, 11) is 0. The van der Waals surface area contributed by atoms with Crippen molar-refractivity contribution >= 4 is 5.91 Å². The van der Waals surface area contributed by atoms with Gasteiger partial charge in [0.1, 0.15) is 0 Å². The van der Waals surface area contributed by atoms with Crippen molar-refractivity contribution in [2.75, 3.05) is 19.6 Å². The van der Waals surface area contributed by atoms with Gasteiger partial charge in [0.25, 0.3) is 5.91 Å². The van der Waals surface area contributed by atoms with E-state index in [-0.39, 0.29) is 11.9 Å². The second-order valence-electron chi connectivity index (χ2n) is 6.67. The number of aryl methyl sites for hydroxylation is 1. The molecule has 1 unspecified atom stereocenters. The molecule has 1 N–H and O–H groups in total. The maximum atomic E-state index is 12.3. The van der Waals surface area contributed by atoms with Crippen molar-refractivity contribution < 1.29 is 4.79 Å². The largest absolute Gasteiger partial charge is 0.348 e. The van der Waals surface area contributed by atoms with Gasteiger partial charge in [-0.2, -0.15) is 5.10 Å². The normalized spacial score (nSPS) is 12.5. The van der Waals surface area contributed by atoms with Crippen LogP contribution in [0.4, 0.5) is 0 Å². The van der Waals surface area contributed by atoms with Gasteiger partial charge in [-0.15, -0.1) is 0 Å². The van der Waals surface area contributed by atoms with E-state index in [2.05, 4.69) is 36.1 Å². The zero-order valence-electron chi connectivity index (χ0n) is 16.1. The molecule has 0 aliphatic rings. The van der Waals surface area contributed by atoms with Crippen LogP contribution in [-0.4, -0.2) is 46.3 Å². The first-order chi connectivity index (χ1) is 11.6. The molecule has 1 aromatic heterocycles. The fourth-order valence-corrected chi connectivity index (χ4v) is 2.86. The summed E-state index contributed by atoms with van der Waals surface area (Å²) >= 11 is 0. The number of nitrogens with one attached hydrogen (secondary N) is 1. The molecule has 0 aliphatic heterocycles. The van der Waals surface area contributed by atoms with Gasteiger partial charge in [-0.3, -0.25) is 9.48 Å². The summed E-state index contributed by atoms with van der Waals surface area (Å²) in [6.45, 7) is 12.5. The van der Waals surface area contributed by atoms with E-state index >= 15 is 0 Å². The van der Waals surface area contributed by atoms with E-state index in [1.54, 1.807) is 10.9 Å². The lowest BCUT2D eigenvalue weighted by molar-refractivity contribution is 0.0928. The first kappa shape index (κ1) is 20.7. The molecule has 0 aliphatic carbocycles. The van der Waals surface area contributed by atoms with Crippen LogP contribution in [0.25, 0.3) is 0 Å². The van der Waals surface area contributed by atoms with Crippen LogP contribution < -0.4 is 5.32 Å². The molecule has 0 radical (unpaired) electrons. The smallest absolute Gasteiger partial charge is 0.254 e. The van der Waals surface area contributed by atoms with Crippen LogP contribution in [-0.2, 0) is 6.54 Å². The van der Waals surface area contributed by atoms with Crippen LogP contribution in [0.5, 0.6) is 0 Å². The lowest BCUT2D eigenvalue weighted by Crippen LogP contribution is -2.42. The van der Waals surface area contributed by atoms with Crippen molar-refractivity contribution in [2.24, 2.45) is 0 Å². The van der Waals surface area contributed by atoms with E-state index in [1.165, 1.54) is 38.5 Å². The molecule has 0 spiro atoms. The lowest BCUT2D eigenvalue weighted by atomic mass is 10.2. The van der Waals surface area contributed by atoms with Crippen molar-refractivity contribution in [2.45, 2.75) is 78.8 Å². The standard InChI is InChI=1S/C19H36N4O/c1-5-8-10-12-22(13-11-9-6-2)15-17(4)21-19(24)18-14-20-23(7-3)16-18/h14,16-17H,5-13,15H2,1-4H3,(H,21,24). The van der Waals surface area contributed by atoms with Crippen molar-refractivity contribution in [3.8, 4) is 0 Å². The first-order valence-corrected chi connectivity index (χ1v) is 9.66. The van der Waals surface area contributed by atoms with Gasteiger partial charge in [0.05, 0.1) is 11.8 Å². The molecule has 0 bridgehead atoms. The Hall–Kier alpha value is -1.36. The molecule has 0 aromatic carbocycles. The number of unbranched alkanes of at least 4 members (excludes halogenated alkanes) is 4. The molecule has 1 atom stereocenters. The van der Waals surface area contributed by atoms with Gasteiger partial charge in [0.2, 0.25) is 0 Å². The van der Waals surface area contributed by atoms with E-state index < -0.39 is 0 Å². The van der Waals surface area contributed by atoms with E-state index in [1.807, 2.05) is 13.1 Å². The highest BCUT2D eigenvalue weighted by molar-refractivity contribution is 5.93. The maximum absolute atomic E-state index is 12.3. The molecule has 0 saturated heterocycles. The predicted octanol–water partition coefficient (Wildman–Crippen LogP) is 3.70. The molecule has 5 nitrogen and oxygen atoms in total. The summed E-state index contributed by atoms with van der Waals surface area (Å²) in [6.07, 6.45) is 11.0. The van der Waals surface area contributed by atoms with Crippen LogP contribution >= 0.6 is 0 Å². The zero-order chi connectivity index (χ0) is 17.8. The third-order valence-corrected chi connectivity index (χ3v) is 4.28. The summed E-state index contributed by atoms with van der Waals surface area (Å²) in [5.74, 6) is -0.0238. The highest BCUT2D eigenvalue weighted by Crippen LogP contribution is 2.05. The van der Waals surface area contributed by atoms with Crippen molar-refractivity contribution in [1.82, 2.24) is 20.0 Å². The summed E-state index contributed by atoms with van der Waals surface area (Å²) in [5, 5.41) is 7.28. The quantitative estimate of drug-likeness (QED) is 0.559. The Labute approximate surface area is 147 Å². The van der Waals surface area contributed by atoms with Crippen LogP contribution in [0.2, 0.25) is 0 Å². The summed E-state index contributed by atoms with van der Waals surface area (Å²) in [5.41, 5.74) is 0.646. The average molecular weight is 337 g/mol. The van der Waals surface area contributed by atoms with Gasteiger partial charge in [0, 0.05) is 25.3 Å². The van der Waals surface area contributed by atoms with Gasteiger partial charge in [-0.25, -0.2) is 0 Å². The molecule has 1 amide bonds. The van der Waals surface area contributed by atoms with Crippen molar-refractivity contribution in [3.63, 3.8) is 0 Å². The Morgan fingerprint density at radius 2 is 1.79 bits per heavy atom. The fourth-order valence-electron chi connectivity index (χ4n) is 2.86. The molecular weight excluding hydrogens is 300 g/mol. The summed E-state index contributed by atoms with van der Waals surface area (Å²) in [6, 6.07) is 0.144. The molecule has 138 valence electrons. The van der Waals surface area contributed by atoms with E-state index in [0.717, 1.165) is 26.2 Å². The van der Waals surface area contributed by atoms with E-state index in [0.29, 0.717) is 5.56 Å². The SMILES string of the molecule is CCCCCN(CCCCC)CC(C)NC(=O)c1cnn(CC)c1. The Bertz CT molecular complexity index is 448. The van der Waals surface area contributed by atoms with Crippen LogP contribution in [0.3, 0.4) is 0 Å². The Morgan fingerprint density at radius 1 is 1.17 bits per heavy atom. The lowest BCUT2D eigenvalue weighted by Gasteiger charge is -2.26. The van der Waals surface area contributed by atoms with Crippen LogP contribution in [0.15, 0.2) is 12.4 Å². The zero-order valence-corrected chi connectivity index (χ0v) is 16.1. The predicted molar refractivity (Wildman–Crippen MR) is 100 cm³/mol. The molecule has 1 heterocycles. The van der Waals surface area contributed by atoms with Crippen LogP contribution in [0.1, 0.15) is 76.6 Å². The molecule has 24 heavy (non-hydrogen) atoms. The van der Waals surface area contributed by atoms with Gasteiger partial charge in [-0.05, 0) is 39.8 Å². The van der Waals surface area contributed by atoms with E-state index in [4.69, 9.17) is 0 Å². The number of hydrogen-bond donors (Lipinski definition) is 1. The molecule has 5 heteroatoms. The van der Waals surface area contributed by atoms with E-state index in [9.17, 15) is 4.79 Å². The second-order valence-corrected chi connectivity index (χ2v) is 6.67. The maximum Gasteiger partial charge on any atom is 0.254 e. The van der Waals surface area contributed by atoms with Gasteiger partial charge >= 0.3 is 0 Å². The third-order valence-electron chi connectivity index (χ3n) is 4.28. The summed E-state index contributed by atoms with van der Waals surface area (Å²) in [4.78, 5) is 14.8. The number of hydrogen-bond acceptors (Lipinski definition) is 3. The number of carbonyl (C=O) groups is 1. The average Bonchev–Trinajstić information content (AvgIpc) is 3.04. The topological polar surface area (TPSA) is 50.2 Å². The first-order valence-electron chi connectivity index (χ1n) is 9.66. The molecule has 0 fully saturated rings. The second kappa shape index (κ2) is 12.1. The highest BCUT2D eigenvalue weighted by atomic mass is 16.1. The molecular formula is C19H36N4O. The highest BCUT2D eigenvalue weighted by Gasteiger charge is 2.14. The minimum absolute atomic E-state index is 0.0238. The minimum atomic E-state index is -0.0238. The number of carbonyl (C=O) groups excluding carboxylic acids is 1. The minimum Gasteiger partial charge on any atom is -0.348 e. The molecule has 1 rings (SSSR count). The van der Waals surface area contributed by atoms with Gasteiger partial charge in [0.15, 0.2) is 0 Å². The molecule has 0 saturated carbocycles. The molecule has 1 aromatic rings.